The van der Waals surface area contributed by atoms with E-state index in [9.17, 15) is 9.90 Å². The lowest BCUT2D eigenvalue weighted by Crippen LogP contribution is -2.13. The van der Waals surface area contributed by atoms with Gasteiger partial charge < -0.3 is 9.84 Å². The van der Waals surface area contributed by atoms with Crippen LogP contribution in [0.4, 0.5) is 0 Å². The quantitative estimate of drug-likeness (QED) is 0.841. The van der Waals surface area contributed by atoms with Gasteiger partial charge in [0.25, 0.3) is 0 Å². The molecule has 1 N–H and O–H groups in total. The summed E-state index contributed by atoms with van der Waals surface area (Å²) in [5.74, 6) is -0.650. The molecule has 0 aliphatic rings. The van der Waals surface area contributed by atoms with Gasteiger partial charge in [-0.1, -0.05) is 54.6 Å². The maximum absolute atomic E-state index is 11.2. The third kappa shape index (κ3) is 2.57. The van der Waals surface area contributed by atoms with Gasteiger partial charge in [-0.3, -0.25) is 0 Å². The highest BCUT2D eigenvalue weighted by Crippen LogP contribution is 2.22. The summed E-state index contributed by atoms with van der Waals surface area (Å²) in [6.45, 7) is 0. The van der Waals surface area contributed by atoms with Crippen LogP contribution in [0.5, 0.6) is 0 Å². The smallest absolute Gasteiger partial charge is 0.339 e. The van der Waals surface area contributed by atoms with Crippen LogP contribution in [0, 0.1) is 0 Å². The summed E-state index contributed by atoms with van der Waals surface area (Å²) in [6, 6.07) is 17.1. The van der Waals surface area contributed by atoms with Gasteiger partial charge in [0.15, 0.2) is 6.10 Å². The van der Waals surface area contributed by atoms with E-state index in [1.165, 1.54) is 7.11 Å². The first-order valence-electron chi connectivity index (χ1n) is 5.63. The Labute approximate surface area is 106 Å². The molecule has 3 nitrogen and oxygen atoms in total. The molecule has 0 saturated heterocycles. The lowest BCUT2D eigenvalue weighted by atomic mass is 10.0. The van der Waals surface area contributed by atoms with Crippen LogP contribution in [0.1, 0.15) is 11.7 Å². The minimum atomic E-state index is -1.22. The summed E-state index contributed by atoms with van der Waals surface area (Å²) in [4.78, 5) is 11.2. The molecular formula is C15H14O3. The van der Waals surface area contributed by atoms with E-state index in [1.807, 2.05) is 42.5 Å². The van der Waals surface area contributed by atoms with E-state index in [4.69, 9.17) is 0 Å². The second-order valence-corrected chi connectivity index (χ2v) is 3.91. The molecule has 2 rings (SSSR count). The van der Waals surface area contributed by atoms with E-state index in [0.717, 1.165) is 11.1 Å². The number of aliphatic hydroxyl groups is 1. The Hall–Kier alpha value is -2.13. The van der Waals surface area contributed by atoms with Crippen molar-refractivity contribution in [2.45, 2.75) is 6.10 Å². The van der Waals surface area contributed by atoms with Crippen molar-refractivity contribution in [3.63, 3.8) is 0 Å². The van der Waals surface area contributed by atoms with Crippen molar-refractivity contribution in [1.82, 2.24) is 0 Å². The minimum Gasteiger partial charge on any atom is -0.467 e. The average molecular weight is 242 g/mol. The summed E-state index contributed by atoms with van der Waals surface area (Å²) < 4.78 is 4.49. The number of hydrogen-bond acceptors (Lipinski definition) is 3. The molecule has 0 aliphatic carbocycles. The number of rotatable bonds is 3. The summed E-state index contributed by atoms with van der Waals surface area (Å²) in [7, 11) is 1.25. The van der Waals surface area contributed by atoms with E-state index >= 15 is 0 Å². The monoisotopic (exact) mass is 242 g/mol. The molecule has 0 fully saturated rings. The molecule has 0 bridgehead atoms. The van der Waals surface area contributed by atoms with E-state index in [0.29, 0.717) is 5.56 Å². The molecule has 3 heteroatoms. The van der Waals surface area contributed by atoms with Crippen molar-refractivity contribution >= 4 is 5.97 Å². The molecular weight excluding hydrogens is 228 g/mol. The Balaban J connectivity index is 2.23. The van der Waals surface area contributed by atoms with Gasteiger partial charge in [-0.15, -0.1) is 0 Å². The minimum absolute atomic E-state index is 0.529. The van der Waals surface area contributed by atoms with E-state index in [1.54, 1.807) is 12.1 Å². The number of carbonyl (C=O) groups excluding carboxylic acids is 1. The highest BCUT2D eigenvalue weighted by molar-refractivity contribution is 5.76. The third-order valence-electron chi connectivity index (χ3n) is 2.76. The SMILES string of the molecule is COC(=O)[C@@H](O)c1ccc(-c2ccccc2)cc1. The molecule has 0 spiro atoms. The topological polar surface area (TPSA) is 46.5 Å². The standard InChI is InChI=1S/C15H14O3/c1-18-15(17)14(16)13-9-7-12(8-10-13)11-5-3-2-4-6-11/h2-10,14,16H,1H3/t14-/m0/s1. The zero-order chi connectivity index (χ0) is 13.0. The number of benzene rings is 2. The van der Waals surface area contributed by atoms with Gasteiger partial charge in [0, 0.05) is 0 Å². The van der Waals surface area contributed by atoms with Crippen LogP contribution in [0.2, 0.25) is 0 Å². The van der Waals surface area contributed by atoms with Crippen molar-refractivity contribution < 1.29 is 14.6 Å². The second kappa shape index (κ2) is 5.47. The van der Waals surface area contributed by atoms with Gasteiger partial charge in [0.05, 0.1) is 7.11 Å². The summed E-state index contributed by atoms with van der Waals surface area (Å²) in [6.07, 6.45) is -1.22. The number of aliphatic hydroxyl groups excluding tert-OH is 1. The van der Waals surface area contributed by atoms with Crippen LogP contribution in [-0.4, -0.2) is 18.2 Å². The number of ether oxygens (including phenoxy) is 1. The summed E-state index contributed by atoms with van der Waals surface area (Å²) >= 11 is 0. The Bertz CT molecular complexity index is 517. The maximum Gasteiger partial charge on any atom is 0.339 e. The molecule has 0 amide bonds. The van der Waals surface area contributed by atoms with Crippen LogP contribution >= 0.6 is 0 Å². The van der Waals surface area contributed by atoms with Crippen molar-refractivity contribution in [2.24, 2.45) is 0 Å². The van der Waals surface area contributed by atoms with E-state index < -0.39 is 12.1 Å². The van der Waals surface area contributed by atoms with Gasteiger partial charge >= 0.3 is 5.97 Å². The van der Waals surface area contributed by atoms with Crippen LogP contribution < -0.4 is 0 Å². The molecule has 2 aromatic rings. The van der Waals surface area contributed by atoms with Crippen molar-refractivity contribution in [3.05, 3.63) is 60.2 Å². The van der Waals surface area contributed by atoms with Crippen LogP contribution in [0.15, 0.2) is 54.6 Å². The molecule has 0 heterocycles. The predicted octanol–water partition coefficient (Wildman–Crippen LogP) is 2.56. The molecule has 0 saturated carbocycles. The molecule has 1 atom stereocenters. The third-order valence-corrected chi connectivity index (χ3v) is 2.76. The van der Waals surface area contributed by atoms with Gasteiger partial charge in [-0.25, -0.2) is 4.79 Å². The Morgan fingerprint density at radius 2 is 1.56 bits per heavy atom. The zero-order valence-electron chi connectivity index (χ0n) is 10.0. The van der Waals surface area contributed by atoms with E-state index in [-0.39, 0.29) is 0 Å². The Morgan fingerprint density at radius 3 is 2.11 bits per heavy atom. The van der Waals surface area contributed by atoms with Crippen LogP contribution in [0.25, 0.3) is 11.1 Å². The summed E-state index contributed by atoms with van der Waals surface area (Å²) in [5, 5.41) is 9.68. The first-order chi connectivity index (χ1) is 8.72. The first-order valence-corrected chi connectivity index (χ1v) is 5.63. The first kappa shape index (κ1) is 12.3. The Morgan fingerprint density at radius 1 is 1.00 bits per heavy atom. The molecule has 0 aliphatic heterocycles. The van der Waals surface area contributed by atoms with Crippen LogP contribution in [-0.2, 0) is 9.53 Å². The Kier molecular flexibility index (Phi) is 3.75. The van der Waals surface area contributed by atoms with Crippen molar-refractivity contribution in [1.29, 1.82) is 0 Å². The number of esters is 1. The lowest BCUT2D eigenvalue weighted by Gasteiger charge is -2.09. The molecule has 2 aromatic carbocycles. The molecule has 0 radical (unpaired) electrons. The fourth-order valence-corrected chi connectivity index (χ4v) is 1.74. The van der Waals surface area contributed by atoms with Gasteiger partial charge in [-0.05, 0) is 16.7 Å². The number of methoxy groups -OCH3 is 1. The van der Waals surface area contributed by atoms with Gasteiger partial charge in [-0.2, -0.15) is 0 Å². The van der Waals surface area contributed by atoms with Gasteiger partial charge in [0.2, 0.25) is 0 Å². The molecule has 0 aromatic heterocycles. The van der Waals surface area contributed by atoms with Crippen molar-refractivity contribution in [2.75, 3.05) is 7.11 Å². The highest BCUT2D eigenvalue weighted by atomic mass is 16.5. The fourth-order valence-electron chi connectivity index (χ4n) is 1.74. The van der Waals surface area contributed by atoms with Crippen molar-refractivity contribution in [3.8, 4) is 11.1 Å². The van der Waals surface area contributed by atoms with Crippen LogP contribution in [0.3, 0.4) is 0 Å². The lowest BCUT2D eigenvalue weighted by molar-refractivity contribution is -0.150. The normalized spacial score (nSPS) is 11.9. The molecule has 0 unspecified atom stereocenters. The maximum atomic E-state index is 11.2. The fraction of sp³-hybridized carbons (Fsp3) is 0.133. The highest BCUT2D eigenvalue weighted by Gasteiger charge is 2.17. The number of carbonyl (C=O) groups is 1. The predicted molar refractivity (Wildman–Crippen MR) is 68.9 cm³/mol. The van der Waals surface area contributed by atoms with E-state index in [2.05, 4.69) is 4.74 Å². The average Bonchev–Trinajstić information content (AvgIpc) is 2.47. The van der Waals surface area contributed by atoms with Gasteiger partial charge in [0.1, 0.15) is 0 Å². The largest absolute Gasteiger partial charge is 0.467 e. The number of hydrogen-bond donors (Lipinski definition) is 1. The summed E-state index contributed by atoms with van der Waals surface area (Å²) in [5.41, 5.74) is 2.66. The zero-order valence-corrected chi connectivity index (χ0v) is 10.0. The molecule has 92 valence electrons. The second-order valence-electron chi connectivity index (χ2n) is 3.91. The molecule has 18 heavy (non-hydrogen) atoms.